The van der Waals surface area contributed by atoms with Crippen LogP contribution in [0.15, 0.2) is 60.8 Å². The van der Waals surface area contributed by atoms with Gasteiger partial charge in [0, 0.05) is 35.8 Å². The summed E-state index contributed by atoms with van der Waals surface area (Å²) in [4.78, 5) is 22.2. The molecule has 0 amide bonds. The van der Waals surface area contributed by atoms with Crippen molar-refractivity contribution in [1.29, 1.82) is 0 Å². The number of aliphatic hydroxyl groups is 1. The molecule has 33 heavy (non-hydrogen) atoms. The summed E-state index contributed by atoms with van der Waals surface area (Å²) in [5.41, 5.74) is 1.58. The quantitative estimate of drug-likeness (QED) is 0.340. The lowest BCUT2D eigenvalue weighted by Crippen LogP contribution is -2.44. The molecule has 2 N–H and O–H groups in total. The predicted octanol–water partition coefficient (Wildman–Crippen LogP) is 5.34. The van der Waals surface area contributed by atoms with E-state index in [0.29, 0.717) is 11.6 Å². The zero-order valence-electron chi connectivity index (χ0n) is 18.1. The largest absolute Gasteiger partial charge is 0.396 e. The van der Waals surface area contributed by atoms with Gasteiger partial charge < -0.3 is 15.3 Å². The number of rotatable bonds is 8. The molecule has 1 heterocycles. The highest BCUT2D eigenvalue weighted by Gasteiger charge is 2.34. The Morgan fingerprint density at radius 2 is 1.85 bits per heavy atom. The Bertz CT molecular complexity index is 1080. The van der Waals surface area contributed by atoms with E-state index in [1.807, 2.05) is 35.2 Å². The molecule has 1 saturated carbocycles. The highest BCUT2D eigenvalue weighted by molar-refractivity contribution is 6.30. The lowest BCUT2D eigenvalue weighted by molar-refractivity contribution is -0.384. The molecule has 4 rings (SSSR count). The van der Waals surface area contributed by atoms with Crippen LogP contribution >= 0.6 is 11.6 Å². The monoisotopic (exact) mass is 467 g/mol. The van der Waals surface area contributed by atoms with E-state index in [-0.39, 0.29) is 36.0 Å². The number of aliphatic hydroxyl groups excluding tert-OH is 1. The molecule has 8 nitrogen and oxygen atoms in total. The van der Waals surface area contributed by atoms with Gasteiger partial charge in [-0.2, -0.15) is 4.98 Å². The van der Waals surface area contributed by atoms with Crippen LogP contribution in [0.2, 0.25) is 5.02 Å². The fraction of sp³-hybridized carbons (Fsp3) is 0.333. The first kappa shape index (κ1) is 22.9. The minimum atomic E-state index is -0.448. The summed E-state index contributed by atoms with van der Waals surface area (Å²) in [6.45, 7) is 0.477. The lowest BCUT2D eigenvalue weighted by atomic mass is 9.83. The zero-order valence-corrected chi connectivity index (χ0v) is 18.9. The second-order valence-corrected chi connectivity index (χ2v) is 8.64. The van der Waals surface area contributed by atoms with Gasteiger partial charge in [-0.05, 0) is 42.7 Å². The Labute approximate surface area is 197 Å². The zero-order chi connectivity index (χ0) is 23.2. The van der Waals surface area contributed by atoms with Crippen LogP contribution in [0.4, 0.5) is 23.1 Å². The summed E-state index contributed by atoms with van der Waals surface area (Å²) in [6, 6.07) is 16.8. The fourth-order valence-corrected chi connectivity index (χ4v) is 4.50. The van der Waals surface area contributed by atoms with Crippen molar-refractivity contribution in [2.45, 2.75) is 38.3 Å². The summed E-state index contributed by atoms with van der Waals surface area (Å²) >= 11 is 5.97. The maximum atomic E-state index is 11.9. The van der Waals surface area contributed by atoms with Crippen LogP contribution in [-0.4, -0.2) is 32.6 Å². The number of hydrogen-bond acceptors (Lipinski definition) is 7. The van der Waals surface area contributed by atoms with Crippen LogP contribution < -0.4 is 10.2 Å². The normalized spacial score (nSPS) is 18.0. The molecular formula is C24H26ClN5O3. The summed E-state index contributed by atoms with van der Waals surface area (Å²) in [7, 11) is 0. The number of nitro groups is 1. The highest BCUT2D eigenvalue weighted by atomic mass is 35.5. The molecule has 0 bridgehead atoms. The SMILES string of the molecule is O=[N+]([O-])c1cnc(Nc2ccc(Cl)cc2)nc1N(Cc1ccccc1)C1CCCCC1CO. The van der Waals surface area contributed by atoms with E-state index in [4.69, 9.17) is 11.6 Å². The van der Waals surface area contributed by atoms with Gasteiger partial charge in [-0.15, -0.1) is 0 Å². The topological polar surface area (TPSA) is 104 Å². The molecule has 3 aromatic rings. The van der Waals surface area contributed by atoms with Crippen molar-refractivity contribution in [2.75, 3.05) is 16.8 Å². The van der Waals surface area contributed by atoms with E-state index >= 15 is 0 Å². The summed E-state index contributed by atoms with van der Waals surface area (Å²) in [5, 5.41) is 25.7. The van der Waals surface area contributed by atoms with Crippen molar-refractivity contribution in [3.05, 3.63) is 81.5 Å². The Balaban J connectivity index is 1.75. The van der Waals surface area contributed by atoms with E-state index in [9.17, 15) is 15.2 Å². The third kappa shape index (κ3) is 5.58. The maximum absolute atomic E-state index is 11.9. The van der Waals surface area contributed by atoms with Gasteiger partial charge in [0.2, 0.25) is 11.8 Å². The van der Waals surface area contributed by atoms with Crippen LogP contribution in [0, 0.1) is 16.0 Å². The fourth-order valence-electron chi connectivity index (χ4n) is 4.37. The van der Waals surface area contributed by atoms with Crippen molar-refractivity contribution in [1.82, 2.24) is 9.97 Å². The second-order valence-electron chi connectivity index (χ2n) is 8.20. The van der Waals surface area contributed by atoms with E-state index in [2.05, 4.69) is 15.3 Å². The van der Waals surface area contributed by atoms with E-state index in [1.165, 1.54) is 6.20 Å². The second kappa shape index (κ2) is 10.6. The van der Waals surface area contributed by atoms with Gasteiger partial charge >= 0.3 is 5.69 Å². The lowest BCUT2D eigenvalue weighted by Gasteiger charge is -2.40. The Morgan fingerprint density at radius 1 is 1.12 bits per heavy atom. The first-order valence-electron chi connectivity index (χ1n) is 11.0. The minimum Gasteiger partial charge on any atom is -0.396 e. The summed E-state index contributed by atoms with van der Waals surface area (Å²) < 4.78 is 0. The Morgan fingerprint density at radius 3 is 2.55 bits per heavy atom. The molecule has 1 aliphatic rings. The van der Waals surface area contributed by atoms with Crippen molar-refractivity contribution >= 4 is 34.7 Å². The summed E-state index contributed by atoms with van der Waals surface area (Å²) in [6.07, 6.45) is 4.99. The minimum absolute atomic E-state index is 0.0182. The van der Waals surface area contributed by atoms with Crippen LogP contribution in [-0.2, 0) is 6.54 Å². The molecule has 0 radical (unpaired) electrons. The van der Waals surface area contributed by atoms with Gasteiger partial charge in [0.1, 0.15) is 6.20 Å². The van der Waals surface area contributed by atoms with Crippen molar-refractivity contribution in [2.24, 2.45) is 5.92 Å². The molecular weight excluding hydrogens is 442 g/mol. The van der Waals surface area contributed by atoms with E-state index in [0.717, 1.165) is 36.9 Å². The standard InChI is InChI=1S/C24H26ClN5O3/c25-19-10-12-20(13-11-19)27-24-26-14-22(30(32)33)23(28-24)29(15-17-6-2-1-3-7-17)21-9-5-4-8-18(21)16-31/h1-3,6-7,10-14,18,21,31H,4-5,8-9,15-16H2,(H,26,27,28). The molecule has 1 aliphatic carbocycles. The number of nitrogens with zero attached hydrogens (tertiary/aromatic N) is 4. The van der Waals surface area contributed by atoms with Gasteiger partial charge in [-0.25, -0.2) is 4.98 Å². The van der Waals surface area contributed by atoms with Crippen LogP contribution in [0.25, 0.3) is 0 Å². The van der Waals surface area contributed by atoms with Crippen LogP contribution in [0.5, 0.6) is 0 Å². The van der Waals surface area contributed by atoms with Gasteiger partial charge in [-0.3, -0.25) is 10.1 Å². The van der Waals surface area contributed by atoms with Gasteiger partial charge in [0.15, 0.2) is 0 Å². The molecule has 0 spiro atoms. The first-order valence-corrected chi connectivity index (χ1v) is 11.4. The number of halogens is 1. The Kier molecular flexibility index (Phi) is 7.36. The molecule has 9 heteroatoms. The summed E-state index contributed by atoms with van der Waals surface area (Å²) in [5.74, 6) is 0.526. The van der Waals surface area contributed by atoms with Crippen LogP contribution in [0.1, 0.15) is 31.2 Å². The third-order valence-corrected chi connectivity index (χ3v) is 6.27. The van der Waals surface area contributed by atoms with Crippen molar-refractivity contribution < 1.29 is 10.0 Å². The highest BCUT2D eigenvalue weighted by Crippen LogP contribution is 2.36. The van der Waals surface area contributed by atoms with E-state index in [1.54, 1.807) is 24.3 Å². The van der Waals surface area contributed by atoms with Crippen molar-refractivity contribution in [3.8, 4) is 0 Å². The van der Waals surface area contributed by atoms with Crippen LogP contribution in [0.3, 0.4) is 0 Å². The molecule has 2 aromatic carbocycles. The van der Waals surface area contributed by atoms with Gasteiger partial charge in [-0.1, -0.05) is 54.8 Å². The average molecular weight is 468 g/mol. The molecule has 2 unspecified atom stereocenters. The molecule has 2 atom stereocenters. The number of aromatic nitrogens is 2. The van der Waals surface area contributed by atoms with Crippen molar-refractivity contribution in [3.63, 3.8) is 0 Å². The van der Waals surface area contributed by atoms with Gasteiger partial charge in [0.25, 0.3) is 0 Å². The number of benzene rings is 2. The molecule has 172 valence electrons. The first-order chi connectivity index (χ1) is 16.0. The smallest absolute Gasteiger partial charge is 0.329 e. The number of anilines is 3. The van der Waals surface area contributed by atoms with E-state index < -0.39 is 4.92 Å². The number of nitrogens with one attached hydrogen (secondary N) is 1. The predicted molar refractivity (Wildman–Crippen MR) is 129 cm³/mol. The molecule has 0 saturated heterocycles. The Hall–Kier alpha value is -3.23. The maximum Gasteiger partial charge on any atom is 0.329 e. The molecule has 1 aromatic heterocycles. The van der Waals surface area contributed by atoms with Gasteiger partial charge in [0.05, 0.1) is 4.92 Å². The third-order valence-electron chi connectivity index (χ3n) is 6.02. The average Bonchev–Trinajstić information content (AvgIpc) is 2.84. The molecule has 0 aliphatic heterocycles. The molecule has 1 fully saturated rings. The number of hydrogen-bond donors (Lipinski definition) is 2.